The van der Waals surface area contributed by atoms with E-state index < -0.39 is 0 Å². The summed E-state index contributed by atoms with van der Waals surface area (Å²) in [5.74, 6) is 1.73. The summed E-state index contributed by atoms with van der Waals surface area (Å²) in [6, 6.07) is 8.38. The molecule has 2 aromatic rings. The quantitative estimate of drug-likeness (QED) is 0.750. The molecule has 3 rings (SSSR count). The van der Waals surface area contributed by atoms with E-state index in [1.807, 2.05) is 18.2 Å². The molecule has 1 saturated carbocycles. The number of benzene rings is 1. The van der Waals surface area contributed by atoms with Gasteiger partial charge in [-0.2, -0.15) is 0 Å². The summed E-state index contributed by atoms with van der Waals surface area (Å²) in [6.45, 7) is 5.90. The lowest BCUT2D eigenvalue weighted by molar-refractivity contribution is -0.120. The van der Waals surface area contributed by atoms with Crippen LogP contribution in [0, 0.1) is 11.8 Å². The number of aromatic nitrogens is 2. The molecule has 26 heavy (non-hydrogen) atoms. The molecular weight excluding hydrogens is 346 g/mol. The zero-order valence-corrected chi connectivity index (χ0v) is 16.7. The molecule has 3 atom stereocenters. The number of rotatable bonds is 7. The highest BCUT2D eigenvalue weighted by atomic mass is 32.2. The van der Waals surface area contributed by atoms with E-state index in [9.17, 15) is 4.79 Å². The first-order valence-corrected chi connectivity index (χ1v) is 10.4. The number of nitrogens with one attached hydrogen (secondary N) is 1. The van der Waals surface area contributed by atoms with Crippen molar-refractivity contribution in [3.05, 3.63) is 24.3 Å². The number of amides is 1. The molecule has 1 aliphatic rings. The summed E-state index contributed by atoms with van der Waals surface area (Å²) in [4.78, 5) is 17.2. The summed E-state index contributed by atoms with van der Waals surface area (Å²) >= 11 is 1.51. The minimum absolute atomic E-state index is 0.103. The molecule has 0 aliphatic heterocycles. The Morgan fingerprint density at radius 2 is 2.15 bits per heavy atom. The van der Waals surface area contributed by atoms with E-state index in [2.05, 4.69) is 29.8 Å². The van der Waals surface area contributed by atoms with Crippen LogP contribution in [-0.2, 0) is 16.1 Å². The summed E-state index contributed by atoms with van der Waals surface area (Å²) < 4.78 is 7.37. The second-order valence-electron chi connectivity index (χ2n) is 7.26. The fraction of sp³-hybridized carbons (Fsp3) is 0.600. The molecule has 1 aromatic heterocycles. The van der Waals surface area contributed by atoms with Gasteiger partial charge in [0.15, 0.2) is 5.16 Å². The number of para-hydroxylation sites is 2. The lowest BCUT2D eigenvalue weighted by Crippen LogP contribution is -2.44. The van der Waals surface area contributed by atoms with Crippen LogP contribution in [0.5, 0.6) is 0 Å². The molecule has 0 unspecified atom stereocenters. The molecule has 0 bridgehead atoms. The van der Waals surface area contributed by atoms with E-state index in [0.29, 0.717) is 30.2 Å². The predicted molar refractivity (Wildman–Crippen MR) is 106 cm³/mol. The molecule has 0 saturated heterocycles. The van der Waals surface area contributed by atoms with E-state index >= 15 is 0 Å². The minimum atomic E-state index is 0.103. The average Bonchev–Trinajstić information content (AvgIpc) is 2.99. The van der Waals surface area contributed by atoms with Crippen molar-refractivity contribution in [3.63, 3.8) is 0 Å². The van der Waals surface area contributed by atoms with Crippen molar-refractivity contribution in [1.82, 2.24) is 14.9 Å². The number of thioether (sulfide) groups is 1. The molecule has 1 N–H and O–H groups in total. The number of hydrogen-bond acceptors (Lipinski definition) is 4. The second kappa shape index (κ2) is 8.91. The molecule has 0 radical (unpaired) electrons. The summed E-state index contributed by atoms with van der Waals surface area (Å²) in [6.07, 6.45) is 3.57. The molecule has 5 nitrogen and oxygen atoms in total. The van der Waals surface area contributed by atoms with E-state index in [1.165, 1.54) is 24.6 Å². The summed E-state index contributed by atoms with van der Waals surface area (Å²) in [5.41, 5.74) is 2.04. The number of imidazole rings is 1. The van der Waals surface area contributed by atoms with Crippen LogP contribution in [0.3, 0.4) is 0 Å². The van der Waals surface area contributed by atoms with E-state index in [4.69, 9.17) is 9.72 Å². The van der Waals surface area contributed by atoms with Gasteiger partial charge in [0, 0.05) is 19.7 Å². The minimum Gasteiger partial charge on any atom is -0.383 e. The van der Waals surface area contributed by atoms with E-state index in [0.717, 1.165) is 29.2 Å². The Kier molecular flexibility index (Phi) is 6.59. The van der Waals surface area contributed by atoms with Crippen LogP contribution < -0.4 is 5.32 Å². The van der Waals surface area contributed by atoms with Crippen LogP contribution in [0.4, 0.5) is 0 Å². The Labute approximate surface area is 159 Å². The van der Waals surface area contributed by atoms with Crippen molar-refractivity contribution in [3.8, 4) is 0 Å². The van der Waals surface area contributed by atoms with Crippen LogP contribution in [0.25, 0.3) is 11.0 Å². The summed E-state index contributed by atoms with van der Waals surface area (Å²) in [5, 5.41) is 4.12. The zero-order valence-electron chi connectivity index (χ0n) is 15.9. The molecule has 1 amide bonds. The van der Waals surface area contributed by atoms with Crippen molar-refractivity contribution in [2.75, 3.05) is 19.5 Å². The zero-order chi connectivity index (χ0) is 18.5. The standard InChI is InChI=1S/C20H29N3O2S/c1-14-7-6-9-16(15(14)2)21-19(24)13-26-20-22-17-8-4-5-10-18(17)23(20)11-12-25-3/h4-5,8,10,14-16H,6-7,9,11-13H2,1-3H3,(H,21,24)/t14-,15+,16+/m0/s1. The first kappa shape index (κ1) is 19.2. The molecule has 1 heterocycles. The van der Waals surface area contributed by atoms with Gasteiger partial charge < -0.3 is 14.6 Å². The molecule has 1 aliphatic carbocycles. The fourth-order valence-electron chi connectivity index (χ4n) is 3.73. The maximum absolute atomic E-state index is 12.5. The maximum Gasteiger partial charge on any atom is 0.230 e. The number of fused-ring (bicyclic) bond motifs is 1. The highest BCUT2D eigenvalue weighted by Gasteiger charge is 2.28. The first-order chi connectivity index (χ1) is 12.6. The van der Waals surface area contributed by atoms with Gasteiger partial charge in [-0.3, -0.25) is 4.79 Å². The SMILES string of the molecule is COCCn1c(SCC(=O)N[C@@H]2CCC[C@H](C)[C@H]2C)nc2ccccc21. The van der Waals surface area contributed by atoms with Gasteiger partial charge >= 0.3 is 0 Å². The normalized spacial score (nSPS) is 23.3. The van der Waals surface area contributed by atoms with Gasteiger partial charge in [-0.25, -0.2) is 4.98 Å². The third-order valence-corrected chi connectivity index (χ3v) is 6.50. The topological polar surface area (TPSA) is 56.1 Å². The smallest absolute Gasteiger partial charge is 0.230 e. The lowest BCUT2D eigenvalue weighted by Gasteiger charge is -2.34. The Hall–Kier alpha value is -1.53. The third-order valence-electron chi connectivity index (χ3n) is 5.52. The number of hydrogen-bond donors (Lipinski definition) is 1. The van der Waals surface area contributed by atoms with Gasteiger partial charge in [0.05, 0.1) is 23.4 Å². The van der Waals surface area contributed by atoms with Crippen LogP contribution in [-0.4, -0.2) is 41.0 Å². The van der Waals surface area contributed by atoms with Gasteiger partial charge in [-0.1, -0.05) is 50.6 Å². The first-order valence-electron chi connectivity index (χ1n) is 9.46. The van der Waals surface area contributed by atoms with E-state index in [1.54, 1.807) is 7.11 Å². The van der Waals surface area contributed by atoms with Gasteiger partial charge in [-0.05, 0) is 30.4 Å². The highest BCUT2D eigenvalue weighted by molar-refractivity contribution is 7.99. The van der Waals surface area contributed by atoms with Crippen LogP contribution in [0.2, 0.25) is 0 Å². The van der Waals surface area contributed by atoms with Crippen molar-refractivity contribution in [2.45, 2.75) is 50.9 Å². The number of nitrogens with zero attached hydrogens (tertiary/aromatic N) is 2. The third kappa shape index (κ3) is 4.41. The second-order valence-corrected chi connectivity index (χ2v) is 8.20. The van der Waals surface area contributed by atoms with Crippen molar-refractivity contribution < 1.29 is 9.53 Å². The lowest BCUT2D eigenvalue weighted by atomic mass is 9.78. The van der Waals surface area contributed by atoms with Gasteiger partial charge in [0.25, 0.3) is 0 Å². The number of methoxy groups -OCH3 is 1. The Morgan fingerprint density at radius 1 is 1.35 bits per heavy atom. The highest BCUT2D eigenvalue weighted by Crippen LogP contribution is 2.30. The Bertz CT molecular complexity index is 746. The van der Waals surface area contributed by atoms with Gasteiger partial charge in [0.2, 0.25) is 5.91 Å². The monoisotopic (exact) mass is 375 g/mol. The van der Waals surface area contributed by atoms with Crippen LogP contribution >= 0.6 is 11.8 Å². The van der Waals surface area contributed by atoms with E-state index in [-0.39, 0.29) is 5.91 Å². The molecule has 142 valence electrons. The fourth-order valence-corrected chi connectivity index (χ4v) is 4.58. The largest absolute Gasteiger partial charge is 0.383 e. The molecule has 6 heteroatoms. The predicted octanol–water partition coefficient (Wildman–Crippen LogP) is 3.72. The number of carbonyl (C=O) groups is 1. The number of ether oxygens (including phenoxy) is 1. The Morgan fingerprint density at radius 3 is 2.96 bits per heavy atom. The van der Waals surface area contributed by atoms with Gasteiger partial charge in [-0.15, -0.1) is 0 Å². The van der Waals surface area contributed by atoms with Crippen molar-refractivity contribution >= 4 is 28.7 Å². The Balaban J connectivity index is 1.64. The average molecular weight is 376 g/mol. The van der Waals surface area contributed by atoms with Crippen molar-refractivity contribution in [2.24, 2.45) is 11.8 Å². The van der Waals surface area contributed by atoms with Crippen LogP contribution in [0.1, 0.15) is 33.1 Å². The maximum atomic E-state index is 12.5. The summed E-state index contributed by atoms with van der Waals surface area (Å²) in [7, 11) is 1.70. The van der Waals surface area contributed by atoms with Crippen LogP contribution in [0.15, 0.2) is 29.4 Å². The number of carbonyl (C=O) groups excluding carboxylic acids is 1. The molecule has 0 spiro atoms. The van der Waals surface area contributed by atoms with Gasteiger partial charge in [0.1, 0.15) is 0 Å². The van der Waals surface area contributed by atoms with Crippen molar-refractivity contribution in [1.29, 1.82) is 0 Å². The molecule has 1 aromatic carbocycles. The molecular formula is C20H29N3O2S. The molecule has 1 fully saturated rings.